The van der Waals surface area contributed by atoms with Crippen LogP contribution in [-0.4, -0.2) is 86.7 Å². The standard InChI is InChI=1S/C36H49ClFN7O11P2/c1-21(2)52-33(46)23(5)43-57(48,55-25-14-10-8-11-15-25)50-18-27-36(7,29(38)32(54-27)45-20-40-28-30(39)41-35(37)42-31(28)45)19-51-58(49,56-26-16-12-9-13-17-26)44-24(6)34(47)53-22(3)4/h8-17,20-24,27,29,32,34,47H,18-19H2,1-7H3,(H,43,48)(H,44,49)(H2,39,41,42)/t23-,24-,27+,29?,32+,34?,36?,57?,58?/m0/s1. The molecule has 2 aromatic carbocycles. The number of imidazole rings is 1. The molecule has 4 aromatic rings. The maximum atomic E-state index is 17.3. The number of hydrogen-bond acceptors (Lipinski definition) is 15. The predicted octanol–water partition coefficient (Wildman–Crippen LogP) is 6.36. The van der Waals surface area contributed by atoms with Crippen molar-refractivity contribution in [3.8, 4) is 11.5 Å². The number of anilines is 1. The molecule has 0 saturated carbocycles. The summed E-state index contributed by atoms with van der Waals surface area (Å²) in [4.78, 5) is 25.1. The summed E-state index contributed by atoms with van der Waals surface area (Å²) in [6.07, 6.45) is -5.95. The highest BCUT2D eigenvalue weighted by molar-refractivity contribution is 7.52. The van der Waals surface area contributed by atoms with E-state index in [9.17, 15) is 19.0 Å². The summed E-state index contributed by atoms with van der Waals surface area (Å²) in [5.74, 6) is -0.529. The third-order valence-corrected chi connectivity index (χ3v) is 12.2. The van der Waals surface area contributed by atoms with Crippen molar-refractivity contribution in [1.82, 2.24) is 29.7 Å². The van der Waals surface area contributed by atoms with Crippen LogP contribution in [0.4, 0.5) is 10.2 Å². The molecule has 318 valence electrons. The van der Waals surface area contributed by atoms with Crippen molar-refractivity contribution in [1.29, 1.82) is 0 Å². The summed E-state index contributed by atoms with van der Waals surface area (Å²) >= 11 is 6.11. The molecule has 1 saturated heterocycles. The molecule has 3 heterocycles. The van der Waals surface area contributed by atoms with Crippen LogP contribution >= 0.6 is 27.1 Å². The lowest BCUT2D eigenvalue weighted by atomic mass is 9.82. The first-order chi connectivity index (χ1) is 27.3. The number of ether oxygens (including phenoxy) is 3. The summed E-state index contributed by atoms with van der Waals surface area (Å²) in [7, 11) is -8.98. The van der Waals surface area contributed by atoms with Crippen LogP contribution in [0, 0.1) is 5.41 Å². The Morgan fingerprint density at radius 3 is 2.12 bits per heavy atom. The number of nitrogens with two attached hydrogens (primary N) is 1. The number of fused-ring (bicyclic) bond motifs is 1. The molecule has 58 heavy (non-hydrogen) atoms. The van der Waals surface area contributed by atoms with E-state index in [1.54, 1.807) is 64.1 Å². The third-order valence-electron chi connectivity index (χ3n) is 8.75. The molecule has 22 heteroatoms. The fourth-order valence-electron chi connectivity index (χ4n) is 5.75. The Morgan fingerprint density at radius 2 is 1.55 bits per heavy atom. The van der Waals surface area contributed by atoms with Crippen molar-refractivity contribution in [2.24, 2.45) is 5.41 Å². The number of rotatable bonds is 20. The highest BCUT2D eigenvalue weighted by Gasteiger charge is 2.57. The van der Waals surface area contributed by atoms with Gasteiger partial charge in [0, 0.05) is 0 Å². The van der Waals surface area contributed by atoms with Gasteiger partial charge in [-0.3, -0.25) is 18.4 Å². The minimum atomic E-state index is -4.50. The van der Waals surface area contributed by atoms with Gasteiger partial charge in [-0.15, -0.1) is 0 Å². The molecule has 0 bridgehead atoms. The van der Waals surface area contributed by atoms with E-state index in [1.807, 2.05) is 0 Å². The van der Waals surface area contributed by atoms with Gasteiger partial charge in [0.15, 0.2) is 30.2 Å². The first-order valence-corrected chi connectivity index (χ1v) is 21.8. The van der Waals surface area contributed by atoms with Gasteiger partial charge in [0.05, 0.1) is 49.3 Å². The van der Waals surface area contributed by atoms with Crippen molar-refractivity contribution < 1.29 is 55.7 Å². The van der Waals surface area contributed by atoms with Gasteiger partial charge in [-0.2, -0.15) is 15.1 Å². The van der Waals surface area contributed by atoms with E-state index in [-0.39, 0.29) is 39.9 Å². The molecule has 2 aromatic heterocycles. The number of benzene rings is 2. The number of aromatic nitrogens is 4. The van der Waals surface area contributed by atoms with Crippen LogP contribution in [0.15, 0.2) is 67.0 Å². The molecule has 0 amide bonds. The summed E-state index contributed by atoms with van der Waals surface area (Å²) in [6, 6.07) is 13.9. The number of para-hydroxylation sites is 2. The largest absolute Gasteiger partial charge is 0.462 e. The molecule has 0 spiro atoms. The van der Waals surface area contributed by atoms with Gasteiger partial charge >= 0.3 is 21.5 Å². The summed E-state index contributed by atoms with van der Waals surface area (Å²) < 4.78 is 88.2. The quantitative estimate of drug-likeness (QED) is 0.0328. The number of nitrogens with one attached hydrogen (secondary N) is 2. The lowest BCUT2D eigenvalue weighted by Gasteiger charge is -2.34. The Hall–Kier alpha value is -3.74. The van der Waals surface area contributed by atoms with Crippen LogP contribution in [0.1, 0.15) is 54.7 Å². The van der Waals surface area contributed by atoms with E-state index in [1.165, 1.54) is 55.9 Å². The average molecular weight is 872 g/mol. The Balaban J connectivity index is 1.50. The molecule has 5 rings (SSSR count). The number of nitrogen functional groups attached to an aromatic ring is 1. The first kappa shape index (κ1) is 45.3. The van der Waals surface area contributed by atoms with Crippen molar-refractivity contribution in [3.63, 3.8) is 0 Å². The summed E-state index contributed by atoms with van der Waals surface area (Å²) in [5.41, 5.74) is 4.39. The number of esters is 1. The van der Waals surface area contributed by atoms with E-state index in [0.29, 0.717) is 0 Å². The Bertz CT molecular complexity index is 2090. The molecular formula is C36H49ClFN7O11P2. The minimum absolute atomic E-state index is 0.0416. The van der Waals surface area contributed by atoms with Crippen LogP contribution in [0.5, 0.6) is 11.5 Å². The minimum Gasteiger partial charge on any atom is -0.462 e. The highest BCUT2D eigenvalue weighted by atomic mass is 35.5. The van der Waals surface area contributed by atoms with Crippen molar-refractivity contribution in [3.05, 3.63) is 72.3 Å². The molecule has 1 aliphatic heterocycles. The van der Waals surface area contributed by atoms with E-state index < -0.39 is 83.1 Å². The van der Waals surface area contributed by atoms with Crippen molar-refractivity contribution in [2.75, 3.05) is 18.9 Å². The Labute approximate surface area is 340 Å². The number of aliphatic hydroxyl groups is 1. The number of aliphatic hydroxyl groups excluding tert-OH is 1. The zero-order chi connectivity index (χ0) is 42.4. The fraction of sp³-hybridized carbons (Fsp3) is 0.500. The summed E-state index contributed by atoms with van der Waals surface area (Å²) in [5, 5.41) is 15.7. The molecule has 18 nitrogen and oxygen atoms in total. The number of hydrogen-bond donors (Lipinski definition) is 4. The molecule has 9 atom stereocenters. The number of alkyl halides is 1. The predicted molar refractivity (Wildman–Crippen MR) is 212 cm³/mol. The van der Waals surface area contributed by atoms with Gasteiger partial charge in [0.2, 0.25) is 5.28 Å². The normalized spacial score (nSPS) is 23.3. The number of nitrogens with zero attached hydrogens (tertiary/aromatic N) is 4. The van der Waals surface area contributed by atoms with Crippen LogP contribution < -0.4 is 25.0 Å². The summed E-state index contributed by atoms with van der Waals surface area (Å²) in [6.45, 7) is 9.77. The van der Waals surface area contributed by atoms with Gasteiger partial charge in [-0.05, 0) is 77.4 Å². The fourth-order valence-corrected chi connectivity index (χ4v) is 9.06. The average Bonchev–Trinajstić information content (AvgIpc) is 3.68. The molecule has 5 N–H and O–H groups in total. The monoisotopic (exact) mass is 871 g/mol. The van der Waals surface area contributed by atoms with E-state index in [2.05, 4.69) is 25.1 Å². The lowest BCUT2D eigenvalue weighted by molar-refractivity contribution is -0.149. The lowest BCUT2D eigenvalue weighted by Crippen LogP contribution is -2.44. The SMILES string of the molecule is CC(C)OC(=O)[C@H](C)NP(=O)(OC[C@H]1O[C@@H](n2cnc3c(N)nc(Cl)nc32)C(F)C1(C)COP(=O)(N[C@@H](C)C(O)OC(C)C)Oc1ccccc1)Oc1ccccc1. The highest BCUT2D eigenvalue weighted by Crippen LogP contribution is 2.54. The van der Waals surface area contributed by atoms with Crippen LogP contribution in [0.25, 0.3) is 11.2 Å². The van der Waals surface area contributed by atoms with Crippen LogP contribution in [0.2, 0.25) is 5.28 Å². The smallest absolute Gasteiger partial charge is 0.459 e. The van der Waals surface area contributed by atoms with Gasteiger partial charge in [-0.25, -0.2) is 23.6 Å². The third kappa shape index (κ3) is 11.3. The molecule has 1 aliphatic rings. The number of carbonyl (C=O) groups excluding carboxylic acids is 1. The molecule has 0 radical (unpaired) electrons. The van der Waals surface area contributed by atoms with Gasteiger partial charge in [0.1, 0.15) is 23.1 Å². The Kier molecular flexibility index (Phi) is 14.9. The van der Waals surface area contributed by atoms with Crippen molar-refractivity contribution in [2.45, 2.75) is 97.6 Å². The molecule has 5 unspecified atom stereocenters. The molecular weight excluding hydrogens is 823 g/mol. The Morgan fingerprint density at radius 1 is 0.966 bits per heavy atom. The maximum absolute atomic E-state index is 17.3. The van der Waals surface area contributed by atoms with Crippen LogP contribution in [0.3, 0.4) is 0 Å². The van der Waals surface area contributed by atoms with E-state index in [4.69, 9.17) is 49.6 Å². The molecule has 0 aliphatic carbocycles. The van der Waals surface area contributed by atoms with Crippen molar-refractivity contribution >= 4 is 50.0 Å². The maximum Gasteiger partial charge on any atom is 0.459 e. The second kappa shape index (κ2) is 19.1. The second-order valence-corrected chi connectivity index (χ2v) is 18.1. The molecule has 1 fully saturated rings. The topological polar surface area (TPSA) is 230 Å². The van der Waals surface area contributed by atoms with E-state index >= 15 is 4.39 Å². The van der Waals surface area contributed by atoms with E-state index in [0.717, 1.165) is 0 Å². The zero-order valence-corrected chi connectivity index (χ0v) is 35.5. The van der Waals surface area contributed by atoms with Gasteiger partial charge in [0.25, 0.3) is 0 Å². The second-order valence-electron chi connectivity index (χ2n) is 14.3. The number of carbonyl (C=O) groups is 1. The number of halogens is 2. The van der Waals surface area contributed by atoms with Gasteiger partial charge in [-0.1, -0.05) is 43.3 Å². The van der Waals surface area contributed by atoms with Gasteiger partial charge < -0.3 is 34.1 Å². The first-order valence-electron chi connectivity index (χ1n) is 18.3. The van der Waals surface area contributed by atoms with Crippen LogP contribution in [-0.2, 0) is 37.2 Å². The zero-order valence-electron chi connectivity index (χ0n) is 32.9.